The molecule has 0 radical (unpaired) electrons. The van der Waals surface area contributed by atoms with Gasteiger partial charge in [-0.3, -0.25) is 0 Å². The summed E-state index contributed by atoms with van der Waals surface area (Å²) >= 11 is 0. The standard InChI is InChI=1S/C11H20N4/c1-14-8-5-13-11(14)4-7-15-6-2-3-10(12)9-15/h5,8,10H,2-4,6-7,9,12H2,1H3/t10-/m1/s1. The summed E-state index contributed by atoms with van der Waals surface area (Å²) in [6.07, 6.45) is 7.30. The highest BCUT2D eigenvalue weighted by molar-refractivity contribution is 4.92. The zero-order valence-electron chi connectivity index (χ0n) is 9.39. The fourth-order valence-electron chi connectivity index (χ4n) is 2.19. The van der Waals surface area contributed by atoms with Gasteiger partial charge in [0.15, 0.2) is 0 Å². The zero-order chi connectivity index (χ0) is 10.7. The fourth-order valence-corrected chi connectivity index (χ4v) is 2.19. The molecule has 1 aliphatic rings. The van der Waals surface area contributed by atoms with Crippen LogP contribution in [0.15, 0.2) is 12.4 Å². The highest BCUT2D eigenvalue weighted by Crippen LogP contribution is 2.08. The molecule has 2 rings (SSSR count). The Labute approximate surface area is 91.1 Å². The van der Waals surface area contributed by atoms with E-state index in [0.29, 0.717) is 6.04 Å². The Bertz CT molecular complexity index is 307. The predicted octanol–water partition coefficient (Wildman–Crippen LogP) is 0.386. The minimum atomic E-state index is 0.375. The van der Waals surface area contributed by atoms with Crippen LogP contribution in [0.3, 0.4) is 0 Å². The molecule has 84 valence electrons. The number of nitrogens with two attached hydrogens (primary N) is 1. The average molecular weight is 208 g/mol. The van der Waals surface area contributed by atoms with Gasteiger partial charge < -0.3 is 15.2 Å². The second kappa shape index (κ2) is 4.77. The van der Waals surface area contributed by atoms with Crippen LogP contribution in [0.25, 0.3) is 0 Å². The van der Waals surface area contributed by atoms with Gasteiger partial charge >= 0.3 is 0 Å². The van der Waals surface area contributed by atoms with Gasteiger partial charge in [0.1, 0.15) is 5.82 Å². The maximum Gasteiger partial charge on any atom is 0.109 e. The van der Waals surface area contributed by atoms with Crippen molar-refractivity contribution in [2.75, 3.05) is 19.6 Å². The second-order valence-electron chi connectivity index (χ2n) is 4.41. The Kier molecular flexibility index (Phi) is 3.38. The maximum absolute atomic E-state index is 5.94. The third kappa shape index (κ3) is 2.79. The summed E-state index contributed by atoms with van der Waals surface area (Å²) in [4.78, 5) is 6.77. The lowest BCUT2D eigenvalue weighted by Gasteiger charge is -2.30. The molecule has 0 saturated carbocycles. The number of nitrogens with zero attached hydrogens (tertiary/aromatic N) is 3. The van der Waals surface area contributed by atoms with Crippen LogP contribution in [0.2, 0.25) is 0 Å². The van der Waals surface area contributed by atoms with E-state index in [9.17, 15) is 0 Å². The quantitative estimate of drug-likeness (QED) is 0.781. The van der Waals surface area contributed by atoms with Crippen LogP contribution in [0.4, 0.5) is 0 Å². The number of hydrogen-bond donors (Lipinski definition) is 1. The molecule has 4 heteroatoms. The van der Waals surface area contributed by atoms with E-state index in [2.05, 4.69) is 14.5 Å². The molecule has 4 nitrogen and oxygen atoms in total. The van der Waals surface area contributed by atoms with Crippen molar-refractivity contribution >= 4 is 0 Å². The molecule has 1 atom stereocenters. The van der Waals surface area contributed by atoms with Crippen LogP contribution in [-0.4, -0.2) is 40.1 Å². The van der Waals surface area contributed by atoms with Crippen LogP contribution in [0.1, 0.15) is 18.7 Å². The molecular weight excluding hydrogens is 188 g/mol. The van der Waals surface area contributed by atoms with E-state index in [0.717, 1.165) is 25.3 Å². The van der Waals surface area contributed by atoms with Gasteiger partial charge in [0.25, 0.3) is 0 Å². The molecule has 0 aliphatic carbocycles. The number of likely N-dealkylation sites (tertiary alicyclic amines) is 1. The van der Waals surface area contributed by atoms with Gasteiger partial charge in [-0.1, -0.05) is 0 Å². The average Bonchev–Trinajstić information content (AvgIpc) is 2.61. The van der Waals surface area contributed by atoms with Crippen molar-refractivity contribution in [3.8, 4) is 0 Å². The SMILES string of the molecule is Cn1ccnc1CCN1CCC[C@@H](N)C1. The van der Waals surface area contributed by atoms with Gasteiger partial charge in [0, 0.05) is 45.0 Å². The molecule has 1 saturated heterocycles. The van der Waals surface area contributed by atoms with Gasteiger partial charge in [-0.15, -0.1) is 0 Å². The lowest BCUT2D eigenvalue weighted by Crippen LogP contribution is -2.43. The van der Waals surface area contributed by atoms with Crippen LogP contribution < -0.4 is 5.73 Å². The van der Waals surface area contributed by atoms with E-state index in [4.69, 9.17) is 5.73 Å². The first kappa shape index (κ1) is 10.6. The first-order valence-corrected chi connectivity index (χ1v) is 5.70. The number of aromatic nitrogens is 2. The van der Waals surface area contributed by atoms with Gasteiger partial charge in [-0.2, -0.15) is 0 Å². The van der Waals surface area contributed by atoms with Crippen molar-refractivity contribution in [2.24, 2.45) is 12.8 Å². The Morgan fingerprint density at radius 3 is 3.13 bits per heavy atom. The summed E-state index contributed by atoms with van der Waals surface area (Å²) in [6, 6.07) is 0.375. The van der Waals surface area contributed by atoms with Gasteiger partial charge in [-0.25, -0.2) is 4.98 Å². The first-order valence-electron chi connectivity index (χ1n) is 5.70. The van der Waals surface area contributed by atoms with E-state index in [1.54, 1.807) is 0 Å². The lowest BCUT2D eigenvalue weighted by molar-refractivity contribution is 0.210. The Morgan fingerprint density at radius 1 is 1.60 bits per heavy atom. The third-order valence-electron chi connectivity index (χ3n) is 3.11. The molecule has 15 heavy (non-hydrogen) atoms. The second-order valence-corrected chi connectivity index (χ2v) is 4.41. The molecule has 2 N–H and O–H groups in total. The normalized spacial score (nSPS) is 23.2. The Balaban J connectivity index is 1.80. The van der Waals surface area contributed by atoms with E-state index in [-0.39, 0.29) is 0 Å². The number of aryl methyl sites for hydroxylation is 1. The largest absolute Gasteiger partial charge is 0.338 e. The van der Waals surface area contributed by atoms with Gasteiger partial charge in [0.05, 0.1) is 0 Å². The van der Waals surface area contributed by atoms with Crippen molar-refractivity contribution < 1.29 is 0 Å². The van der Waals surface area contributed by atoms with Crippen molar-refractivity contribution in [2.45, 2.75) is 25.3 Å². The summed E-state index contributed by atoms with van der Waals surface area (Å²) in [5.41, 5.74) is 5.94. The molecule has 2 heterocycles. The molecule has 0 bridgehead atoms. The first-order chi connectivity index (χ1) is 7.25. The van der Waals surface area contributed by atoms with Crippen molar-refractivity contribution in [1.82, 2.24) is 14.5 Å². The molecule has 0 aromatic carbocycles. The zero-order valence-corrected chi connectivity index (χ0v) is 9.39. The minimum absolute atomic E-state index is 0.375. The molecule has 1 fully saturated rings. The molecule has 0 amide bonds. The van der Waals surface area contributed by atoms with Crippen LogP contribution in [0.5, 0.6) is 0 Å². The van der Waals surface area contributed by atoms with Crippen molar-refractivity contribution in [3.05, 3.63) is 18.2 Å². The summed E-state index contributed by atoms with van der Waals surface area (Å²) < 4.78 is 2.09. The smallest absolute Gasteiger partial charge is 0.109 e. The van der Waals surface area contributed by atoms with E-state index < -0.39 is 0 Å². The van der Waals surface area contributed by atoms with E-state index in [1.807, 2.05) is 19.4 Å². The molecule has 1 aromatic rings. The fraction of sp³-hybridized carbons (Fsp3) is 0.727. The number of piperidine rings is 1. The van der Waals surface area contributed by atoms with Crippen molar-refractivity contribution in [1.29, 1.82) is 0 Å². The Hall–Kier alpha value is -0.870. The number of imidazole rings is 1. The topological polar surface area (TPSA) is 47.1 Å². The lowest BCUT2D eigenvalue weighted by atomic mass is 10.1. The molecule has 1 aromatic heterocycles. The summed E-state index contributed by atoms with van der Waals surface area (Å²) in [5, 5.41) is 0. The van der Waals surface area contributed by atoms with Crippen LogP contribution in [-0.2, 0) is 13.5 Å². The maximum atomic E-state index is 5.94. The monoisotopic (exact) mass is 208 g/mol. The number of rotatable bonds is 3. The third-order valence-corrected chi connectivity index (χ3v) is 3.11. The number of hydrogen-bond acceptors (Lipinski definition) is 3. The van der Waals surface area contributed by atoms with E-state index >= 15 is 0 Å². The highest BCUT2D eigenvalue weighted by Gasteiger charge is 2.16. The van der Waals surface area contributed by atoms with Gasteiger partial charge in [-0.05, 0) is 19.4 Å². The molecule has 0 unspecified atom stereocenters. The van der Waals surface area contributed by atoms with Crippen LogP contribution >= 0.6 is 0 Å². The summed E-state index contributed by atoms with van der Waals surface area (Å²) in [6.45, 7) is 3.32. The summed E-state index contributed by atoms with van der Waals surface area (Å²) in [5.74, 6) is 1.16. The molecular formula is C11H20N4. The molecule has 1 aliphatic heterocycles. The molecule has 0 spiro atoms. The van der Waals surface area contributed by atoms with Crippen LogP contribution in [0, 0.1) is 0 Å². The minimum Gasteiger partial charge on any atom is -0.338 e. The van der Waals surface area contributed by atoms with Gasteiger partial charge in [0.2, 0.25) is 0 Å². The predicted molar refractivity (Wildman–Crippen MR) is 60.6 cm³/mol. The summed E-state index contributed by atoms with van der Waals surface area (Å²) in [7, 11) is 2.05. The Morgan fingerprint density at radius 2 is 2.47 bits per heavy atom. The van der Waals surface area contributed by atoms with Crippen molar-refractivity contribution in [3.63, 3.8) is 0 Å². The van der Waals surface area contributed by atoms with E-state index in [1.165, 1.54) is 19.4 Å². The highest BCUT2D eigenvalue weighted by atomic mass is 15.1.